The molecular formula is C5H10N2O4. The quantitative estimate of drug-likeness (QED) is 0.437. The molecule has 0 rings (SSSR count). The largest absolute Gasteiger partial charge is 0.533 e. The lowest BCUT2D eigenvalue weighted by Gasteiger charge is -2.14. The Bertz CT molecular complexity index is 159. The van der Waals surface area contributed by atoms with Crippen molar-refractivity contribution in [2.24, 2.45) is 5.73 Å². The monoisotopic (exact) mass is 162 g/mol. The number of carbonyl (C=O) groups excluding carboxylic acids is 2. The van der Waals surface area contributed by atoms with Gasteiger partial charge in [-0.25, -0.2) is 9.59 Å². The van der Waals surface area contributed by atoms with Crippen molar-refractivity contribution in [1.82, 2.24) is 5.06 Å². The molecule has 0 bridgehead atoms. The Labute approximate surface area is 63.8 Å². The molecule has 0 unspecified atom stereocenters. The summed E-state index contributed by atoms with van der Waals surface area (Å²) in [6, 6.07) is -0.835. The van der Waals surface area contributed by atoms with Gasteiger partial charge in [0, 0.05) is 0 Å². The molecule has 0 aliphatic heterocycles. The fourth-order valence-corrected chi connectivity index (χ4v) is 0.393. The number of rotatable bonds is 1. The molecule has 0 aromatic heterocycles. The van der Waals surface area contributed by atoms with E-state index >= 15 is 0 Å². The summed E-state index contributed by atoms with van der Waals surface area (Å²) in [5, 5.41) is 0.686. The molecule has 0 aromatic rings. The molecule has 0 heterocycles. The van der Waals surface area contributed by atoms with Gasteiger partial charge in [-0.15, -0.1) is 0 Å². The maximum Gasteiger partial charge on any atom is 0.533 e. The van der Waals surface area contributed by atoms with Gasteiger partial charge in [0.15, 0.2) is 0 Å². The van der Waals surface area contributed by atoms with E-state index in [0.29, 0.717) is 5.06 Å². The zero-order valence-electron chi connectivity index (χ0n) is 6.36. The Morgan fingerprint density at radius 3 is 2.36 bits per heavy atom. The van der Waals surface area contributed by atoms with Crippen LogP contribution in [0.4, 0.5) is 9.59 Å². The number of carbonyl (C=O) groups is 2. The van der Waals surface area contributed by atoms with E-state index in [9.17, 15) is 9.59 Å². The van der Waals surface area contributed by atoms with Crippen LogP contribution in [0, 0.1) is 0 Å². The highest BCUT2D eigenvalue weighted by Crippen LogP contribution is 1.91. The summed E-state index contributed by atoms with van der Waals surface area (Å²) < 4.78 is 4.12. The fourth-order valence-electron chi connectivity index (χ4n) is 0.393. The number of nitrogens with zero attached hydrogens (tertiary/aromatic N) is 1. The molecule has 0 aromatic carbocycles. The van der Waals surface area contributed by atoms with Crippen LogP contribution >= 0.6 is 0 Å². The number of primary amides is 1. The van der Waals surface area contributed by atoms with Gasteiger partial charge in [0.1, 0.15) is 0 Å². The normalized spacial score (nSPS) is 8.55. The Kier molecular flexibility index (Phi) is 3.79. The van der Waals surface area contributed by atoms with E-state index in [4.69, 9.17) is 5.73 Å². The SMILES string of the molecule is CCN(OC(=O)OC)C(N)=O. The van der Waals surface area contributed by atoms with Crippen LogP contribution < -0.4 is 5.73 Å². The summed E-state index contributed by atoms with van der Waals surface area (Å²) in [6.07, 6.45) is -0.967. The van der Waals surface area contributed by atoms with Crippen LogP contribution in [-0.2, 0) is 9.57 Å². The highest BCUT2D eigenvalue weighted by Gasteiger charge is 2.12. The Morgan fingerprint density at radius 1 is 1.55 bits per heavy atom. The lowest BCUT2D eigenvalue weighted by atomic mass is 10.7. The van der Waals surface area contributed by atoms with Gasteiger partial charge >= 0.3 is 12.2 Å². The Balaban J connectivity index is 3.88. The highest BCUT2D eigenvalue weighted by atomic mass is 16.8. The van der Waals surface area contributed by atoms with E-state index in [2.05, 4.69) is 9.57 Å². The third-order valence-electron chi connectivity index (χ3n) is 0.884. The van der Waals surface area contributed by atoms with E-state index in [0.717, 1.165) is 7.11 Å². The van der Waals surface area contributed by atoms with Crippen LogP contribution in [0.3, 0.4) is 0 Å². The second kappa shape index (κ2) is 4.37. The minimum Gasteiger partial charge on any atom is -0.436 e. The van der Waals surface area contributed by atoms with Crippen molar-refractivity contribution < 1.29 is 19.2 Å². The average molecular weight is 162 g/mol. The van der Waals surface area contributed by atoms with E-state index in [1.54, 1.807) is 6.92 Å². The van der Waals surface area contributed by atoms with Crippen LogP contribution in [0.5, 0.6) is 0 Å². The average Bonchev–Trinajstić information content (AvgIpc) is 1.99. The number of urea groups is 1. The minimum absolute atomic E-state index is 0.185. The summed E-state index contributed by atoms with van der Waals surface area (Å²) in [7, 11) is 1.14. The molecule has 2 amide bonds. The smallest absolute Gasteiger partial charge is 0.436 e. The zero-order valence-corrected chi connectivity index (χ0v) is 6.36. The van der Waals surface area contributed by atoms with Gasteiger partial charge in [-0.05, 0) is 6.92 Å². The van der Waals surface area contributed by atoms with Crippen molar-refractivity contribution in [2.45, 2.75) is 6.92 Å². The number of amides is 2. The molecule has 0 radical (unpaired) electrons. The topological polar surface area (TPSA) is 81.9 Å². The molecule has 2 N–H and O–H groups in total. The molecule has 11 heavy (non-hydrogen) atoms. The molecule has 6 heteroatoms. The van der Waals surface area contributed by atoms with Crippen molar-refractivity contribution in [3.63, 3.8) is 0 Å². The predicted molar refractivity (Wildman–Crippen MR) is 35.5 cm³/mol. The molecule has 0 saturated carbocycles. The van der Waals surface area contributed by atoms with Gasteiger partial charge in [-0.2, -0.15) is 5.06 Å². The lowest BCUT2D eigenvalue weighted by Crippen LogP contribution is -2.37. The third kappa shape index (κ3) is 3.29. The molecule has 0 fully saturated rings. The number of hydroxylamine groups is 2. The van der Waals surface area contributed by atoms with Crippen LogP contribution in [-0.4, -0.2) is 30.9 Å². The van der Waals surface area contributed by atoms with Crippen molar-refractivity contribution in [3.05, 3.63) is 0 Å². The van der Waals surface area contributed by atoms with Crippen molar-refractivity contribution in [2.75, 3.05) is 13.7 Å². The van der Waals surface area contributed by atoms with E-state index in [1.165, 1.54) is 0 Å². The highest BCUT2D eigenvalue weighted by molar-refractivity contribution is 5.72. The number of nitrogens with two attached hydrogens (primary N) is 1. The van der Waals surface area contributed by atoms with Crippen LogP contribution in [0.2, 0.25) is 0 Å². The van der Waals surface area contributed by atoms with Crippen LogP contribution in [0.1, 0.15) is 6.92 Å². The maximum atomic E-state index is 10.4. The first-order valence-electron chi connectivity index (χ1n) is 2.94. The first kappa shape index (κ1) is 9.54. The molecule has 64 valence electrons. The van der Waals surface area contributed by atoms with Gasteiger partial charge in [-0.3, -0.25) is 0 Å². The number of hydrogen-bond acceptors (Lipinski definition) is 4. The molecule has 6 nitrogen and oxygen atoms in total. The summed E-state index contributed by atoms with van der Waals surface area (Å²) in [5.74, 6) is 0. The third-order valence-corrected chi connectivity index (χ3v) is 0.884. The molecule has 0 saturated heterocycles. The van der Waals surface area contributed by atoms with Crippen molar-refractivity contribution >= 4 is 12.2 Å². The standard InChI is InChI=1S/C5H10N2O4/c1-3-7(4(6)8)11-5(9)10-2/h3H2,1-2H3,(H2,6,8). The molecular weight excluding hydrogens is 152 g/mol. The predicted octanol–water partition coefficient (Wildman–Crippen LogP) is 0.0850. The van der Waals surface area contributed by atoms with Gasteiger partial charge < -0.3 is 15.3 Å². The van der Waals surface area contributed by atoms with Crippen molar-refractivity contribution in [3.8, 4) is 0 Å². The number of hydrogen-bond donors (Lipinski definition) is 1. The lowest BCUT2D eigenvalue weighted by molar-refractivity contribution is -0.0812. The first-order chi connectivity index (χ1) is 5.11. The van der Waals surface area contributed by atoms with Crippen molar-refractivity contribution in [1.29, 1.82) is 0 Å². The Hall–Kier alpha value is -1.46. The fraction of sp³-hybridized carbons (Fsp3) is 0.600. The number of methoxy groups -OCH3 is 1. The zero-order chi connectivity index (χ0) is 8.85. The second-order valence-electron chi connectivity index (χ2n) is 1.58. The van der Waals surface area contributed by atoms with Gasteiger partial charge in [0.2, 0.25) is 0 Å². The minimum atomic E-state index is -0.967. The first-order valence-corrected chi connectivity index (χ1v) is 2.94. The van der Waals surface area contributed by atoms with Gasteiger partial charge in [0.25, 0.3) is 0 Å². The van der Waals surface area contributed by atoms with Crippen LogP contribution in [0.25, 0.3) is 0 Å². The number of ether oxygens (including phenoxy) is 1. The molecule has 0 spiro atoms. The van der Waals surface area contributed by atoms with Crippen LogP contribution in [0.15, 0.2) is 0 Å². The van der Waals surface area contributed by atoms with Gasteiger partial charge in [-0.1, -0.05) is 0 Å². The summed E-state index contributed by atoms with van der Waals surface area (Å²) in [5.41, 5.74) is 4.80. The van der Waals surface area contributed by atoms with Gasteiger partial charge in [0.05, 0.1) is 13.7 Å². The Morgan fingerprint density at radius 2 is 2.09 bits per heavy atom. The molecule has 0 atom stereocenters. The summed E-state index contributed by atoms with van der Waals surface area (Å²) in [6.45, 7) is 1.79. The van der Waals surface area contributed by atoms with E-state index in [1.807, 2.05) is 0 Å². The summed E-state index contributed by atoms with van der Waals surface area (Å²) in [4.78, 5) is 25.1. The second-order valence-corrected chi connectivity index (χ2v) is 1.58. The van der Waals surface area contributed by atoms with E-state index < -0.39 is 12.2 Å². The molecule has 0 aliphatic rings. The van der Waals surface area contributed by atoms with E-state index in [-0.39, 0.29) is 6.54 Å². The maximum absolute atomic E-state index is 10.4. The molecule has 0 aliphatic carbocycles. The summed E-state index contributed by atoms with van der Waals surface area (Å²) >= 11 is 0.